The standard InChI is InChI=1S/C20H22N2O6/c1-26-17-5-2-15(3-6-17)8-11-28-20(23)18-14-16(4-7-19(18)22(24)25)21-9-12-27-13-10-21/h2-7,14H,8-13H2,1H3. The van der Waals surface area contributed by atoms with E-state index < -0.39 is 10.9 Å². The molecule has 1 saturated heterocycles. The molecular weight excluding hydrogens is 364 g/mol. The van der Waals surface area contributed by atoms with Crippen LogP contribution in [-0.2, 0) is 15.9 Å². The maximum absolute atomic E-state index is 12.5. The van der Waals surface area contributed by atoms with E-state index in [0.29, 0.717) is 32.7 Å². The van der Waals surface area contributed by atoms with Gasteiger partial charge in [0.2, 0.25) is 0 Å². The summed E-state index contributed by atoms with van der Waals surface area (Å²) in [6.45, 7) is 2.63. The van der Waals surface area contributed by atoms with Crippen molar-refractivity contribution >= 4 is 17.3 Å². The first-order valence-electron chi connectivity index (χ1n) is 8.99. The van der Waals surface area contributed by atoms with Crippen molar-refractivity contribution in [2.24, 2.45) is 0 Å². The number of nitro groups is 1. The molecule has 28 heavy (non-hydrogen) atoms. The Bertz CT molecular complexity index is 831. The van der Waals surface area contributed by atoms with Crippen molar-refractivity contribution in [3.8, 4) is 5.75 Å². The highest BCUT2D eigenvalue weighted by Crippen LogP contribution is 2.26. The second-order valence-electron chi connectivity index (χ2n) is 6.29. The predicted molar refractivity (Wildman–Crippen MR) is 103 cm³/mol. The number of nitrogens with zero attached hydrogens (tertiary/aromatic N) is 2. The second-order valence-corrected chi connectivity index (χ2v) is 6.29. The molecule has 0 aromatic heterocycles. The van der Waals surface area contributed by atoms with Crippen molar-refractivity contribution in [3.63, 3.8) is 0 Å². The van der Waals surface area contributed by atoms with Crippen LogP contribution in [0.5, 0.6) is 5.75 Å². The Morgan fingerprint density at radius 2 is 1.89 bits per heavy atom. The summed E-state index contributed by atoms with van der Waals surface area (Å²) < 4.78 is 15.7. The number of esters is 1. The number of hydrogen-bond donors (Lipinski definition) is 0. The van der Waals surface area contributed by atoms with Gasteiger partial charge in [-0.1, -0.05) is 12.1 Å². The lowest BCUT2D eigenvalue weighted by Gasteiger charge is -2.29. The average Bonchev–Trinajstić information content (AvgIpc) is 2.74. The van der Waals surface area contributed by atoms with Crippen LogP contribution in [-0.4, -0.2) is 50.9 Å². The maximum atomic E-state index is 12.5. The monoisotopic (exact) mass is 386 g/mol. The molecule has 8 heteroatoms. The summed E-state index contributed by atoms with van der Waals surface area (Å²) in [4.78, 5) is 25.3. The van der Waals surface area contributed by atoms with Gasteiger partial charge in [-0.15, -0.1) is 0 Å². The lowest BCUT2D eigenvalue weighted by molar-refractivity contribution is -0.385. The van der Waals surface area contributed by atoms with Crippen LogP contribution >= 0.6 is 0 Å². The van der Waals surface area contributed by atoms with Crippen LogP contribution in [0.1, 0.15) is 15.9 Å². The lowest BCUT2D eigenvalue weighted by Crippen LogP contribution is -2.36. The van der Waals surface area contributed by atoms with Crippen LogP contribution in [0, 0.1) is 10.1 Å². The molecule has 8 nitrogen and oxygen atoms in total. The van der Waals surface area contributed by atoms with Crippen LogP contribution < -0.4 is 9.64 Å². The van der Waals surface area contributed by atoms with Crippen molar-refractivity contribution in [1.29, 1.82) is 0 Å². The number of morpholine rings is 1. The smallest absolute Gasteiger partial charge is 0.345 e. The largest absolute Gasteiger partial charge is 0.497 e. The zero-order chi connectivity index (χ0) is 19.9. The van der Waals surface area contributed by atoms with Crippen LogP contribution in [0.3, 0.4) is 0 Å². The maximum Gasteiger partial charge on any atom is 0.345 e. The van der Waals surface area contributed by atoms with Gasteiger partial charge < -0.3 is 19.1 Å². The molecule has 0 spiro atoms. The number of hydrogen-bond acceptors (Lipinski definition) is 7. The van der Waals surface area contributed by atoms with Crippen molar-refractivity contribution in [2.75, 3.05) is 44.9 Å². The molecule has 3 rings (SSSR count). The Morgan fingerprint density at radius 1 is 1.18 bits per heavy atom. The molecule has 0 radical (unpaired) electrons. The van der Waals surface area contributed by atoms with Gasteiger partial charge in [0.1, 0.15) is 11.3 Å². The molecule has 1 fully saturated rings. The number of carbonyl (C=O) groups is 1. The van der Waals surface area contributed by atoms with Gasteiger partial charge in [-0.3, -0.25) is 10.1 Å². The molecule has 1 aliphatic heterocycles. The van der Waals surface area contributed by atoms with E-state index in [9.17, 15) is 14.9 Å². The molecule has 0 amide bonds. The molecule has 0 N–H and O–H groups in total. The highest BCUT2D eigenvalue weighted by molar-refractivity contribution is 5.95. The highest BCUT2D eigenvalue weighted by atomic mass is 16.6. The highest BCUT2D eigenvalue weighted by Gasteiger charge is 2.24. The zero-order valence-electron chi connectivity index (χ0n) is 15.6. The minimum absolute atomic E-state index is 0.0382. The number of rotatable bonds is 7. The first kappa shape index (κ1) is 19.6. The summed E-state index contributed by atoms with van der Waals surface area (Å²) in [5.41, 5.74) is 1.43. The molecular formula is C20H22N2O6. The summed E-state index contributed by atoms with van der Waals surface area (Å²) in [7, 11) is 1.59. The molecule has 2 aromatic carbocycles. The molecule has 0 atom stereocenters. The Hall–Kier alpha value is -3.13. The summed E-state index contributed by atoms with van der Waals surface area (Å²) in [6, 6.07) is 11.9. The van der Waals surface area contributed by atoms with Gasteiger partial charge >= 0.3 is 5.97 Å². The summed E-state index contributed by atoms with van der Waals surface area (Å²) in [5.74, 6) is 0.0478. The summed E-state index contributed by atoms with van der Waals surface area (Å²) >= 11 is 0. The van der Waals surface area contributed by atoms with E-state index >= 15 is 0 Å². The lowest BCUT2D eigenvalue weighted by atomic mass is 10.1. The average molecular weight is 386 g/mol. The van der Waals surface area contributed by atoms with Crippen molar-refractivity contribution in [2.45, 2.75) is 6.42 Å². The summed E-state index contributed by atoms with van der Waals surface area (Å²) in [5, 5.41) is 11.3. The number of anilines is 1. The van der Waals surface area contributed by atoms with Gasteiger partial charge in [0.25, 0.3) is 5.69 Å². The number of nitro benzene ring substituents is 1. The van der Waals surface area contributed by atoms with Crippen molar-refractivity contribution in [3.05, 3.63) is 63.7 Å². The zero-order valence-corrected chi connectivity index (χ0v) is 15.6. The molecule has 1 heterocycles. The molecule has 0 bridgehead atoms. The molecule has 148 valence electrons. The van der Waals surface area contributed by atoms with Gasteiger partial charge in [-0.25, -0.2) is 4.79 Å². The number of benzene rings is 2. The third-order valence-electron chi connectivity index (χ3n) is 4.56. The fourth-order valence-corrected chi connectivity index (χ4v) is 3.00. The van der Waals surface area contributed by atoms with Gasteiger partial charge in [-0.05, 0) is 29.8 Å². The molecule has 0 aliphatic carbocycles. The molecule has 1 aliphatic rings. The van der Waals surface area contributed by atoms with Crippen LogP contribution in [0.2, 0.25) is 0 Å². The van der Waals surface area contributed by atoms with Gasteiger partial charge in [0, 0.05) is 31.3 Å². The topological polar surface area (TPSA) is 91.1 Å². The molecule has 0 unspecified atom stereocenters. The second kappa shape index (κ2) is 9.18. The first-order valence-corrected chi connectivity index (χ1v) is 8.99. The third kappa shape index (κ3) is 4.77. The minimum Gasteiger partial charge on any atom is -0.497 e. The quantitative estimate of drug-likeness (QED) is 0.410. The Kier molecular flexibility index (Phi) is 6.44. The fourth-order valence-electron chi connectivity index (χ4n) is 3.00. The van der Waals surface area contributed by atoms with E-state index in [1.165, 1.54) is 12.1 Å². The van der Waals surface area contributed by atoms with Gasteiger partial charge in [-0.2, -0.15) is 0 Å². The first-order chi connectivity index (χ1) is 13.6. The third-order valence-corrected chi connectivity index (χ3v) is 4.56. The van der Waals surface area contributed by atoms with E-state index in [-0.39, 0.29) is 17.9 Å². The molecule has 2 aromatic rings. The van der Waals surface area contributed by atoms with E-state index in [2.05, 4.69) is 0 Å². The van der Waals surface area contributed by atoms with Crippen LogP contribution in [0.15, 0.2) is 42.5 Å². The van der Waals surface area contributed by atoms with Gasteiger partial charge in [0.15, 0.2) is 0 Å². The van der Waals surface area contributed by atoms with Crippen LogP contribution in [0.4, 0.5) is 11.4 Å². The van der Waals surface area contributed by atoms with E-state index in [1.54, 1.807) is 13.2 Å². The van der Waals surface area contributed by atoms with Crippen molar-refractivity contribution < 1.29 is 23.9 Å². The van der Waals surface area contributed by atoms with E-state index in [4.69, 9.17) is 14.2 Å². The summed E-state index contributed by atoms with van der Waals surface area (Å²) in [6.07, 6.45) is 0.507. The minimum atomic E-state index is -0.699. The Balaban J connectivity index is 1.68. The number of carbonyl (C=O) groups excluding carboxylic acids is 1. The Morgan fingerprint density at radius 3 is 2.54 bits per heavy atom. The SMILES string of the molecule is COc1ccc(CCOC(=O)c2cc(N3CCOCC3)ccc2[N+](=O)[O-])cc1. The Labute approximate surface area is 162 Å². The van der Waals surface area contributed by atoms with Crippen LogP contribution in [0.25, 0.3) is 0 Å². The molecule has 0 saturated carbocycles. The van der Waals surface area contributed by atoms with E-state index in [0.717, 1.165) is 17.0 Å². The van der Waals surface area contributed by atoms with Crippen molar-refractivity contribution in [1.82, 2.24) is 0 Å². The van der Waals surface area contributed by atoms with E-state index in [1.807, 2.05) is 29.2 Å². The predicted octanol–water partition coefficient (Wildman–Crippen LogP) is 2.84. The van der Waals surface area contributed by atoms with Gasteiger partial charge in [0.05, 0.1) is 31.9 Å². The fraction of sp³-hybridized carbons (Fsp3) is 0.350. The number of methoxy groups -OCH3 is 1. The number of ether oxygens (including phenoxy) is 3. The normalized spacial score (nSPS) is 13.8.